The maximum atomic E-state index is 5.41. The number of aryl methyl sites for hydroxylation is 2. The van der Waals surface area contributed by atoms with Crippen molar-refractivity contribution in [1.82, 2.24) is 5.32 Å². The topological polar surface area (TPSA) is 21.3 Å². The lowest BCUT2D eigenvalue weighted by atomic mass is 9.96. The SMILES string of the molecule is C=COCC1C(C=C)=C(CCC)c2ccccc21.C=Cc1ccccc1C.CNCc1cc(-c2ccccc2)ccc1C. The first-order valence-electron chi connectivity index (χ1n) is 15.1. The van der Waals surface area contributed by atoms with Crippen LogP contribution >= 0.6 is 0 Å². The zero-order valence-corrected chi connectivity index (χ0v) is 26.4. The Labute approximate surface area is 260 Å². The minimum Gasteiger partial charge on any atom is -0.501 e. The Hall–Kier alpha value is -4.40. The number of allylic oxidation sites excluding steroid dienone is 2. The Balaban J connectivity index is 0.000000186. The first-order valence-corrected chi connectivity index (χ1v) is 15.1. The van der Waals surface area contributed by atoms with Gasteiger partial charge in [-0.05, 0) is 89.0 Å². The van der Waals surface area contributed by atoms with Gasteiger partial charge in [-0.15, -0.1) is 0 Å². The predicted molar refractivity (Wildman–Crippen MR) is 188 cm³/mol. The molecule has 0 saturated carbocycles. The highest BCUT2D eigenvalue weighted by atomic mass is 16.5. The van der Waals surface area contributed by atoms with Crippen LogP contribution < -0.4 is 5.32 Å². The van der Waals surface area contributed by atoms with Gasteiger partial charge in [0.15, 0.2) is 0 Å². The van der Waals surface area contributed by atoms with Crippen LogP contribution in [0, 0.1) is 13.8 Å². The molecule has 5 rings (SSSR count). The molecule has 1 aliphatic carbocycles. The normalized spacial score (nSPS) is 13.1. The Kier molecular flexibility index (Phi) is 13.5. The quantitative estimate of drug-likeness (QED) is 0.192. The van der Waals surface area contributed by atoms with E-state index in [0.29, 0.717) is 12.5 Å². The molecule has 0 aromatic heterocycles. The Morgan fingerprint density at radius 2 is 1.47 bits per heavy atom. The second-order valence-electron chi connectivity index (χ2n) is 10.6. The van der Waals surface area contributed by atoms with Crippen LogP contribution in [0.1, 0.15) is 59.1 Å². The molecule has 1 unspecified atom stereocenters. The summed E-state index contributed by atoms with van der Waals surface area (Å²) in [5.74, 6) is 0.304. The Morgan fingerprint density at radius 1 is 0.767 bits per heavy atom. The Bertz CT molecular complexity index is 1510. The summed E-state index contributed by atoms with van der Waals surface area (Å²) in [5, 5.41) is 3.20. The summed E-state index contributed by atoms with van der Waals surface area (Å²) in [7, 11) is 1.98. The van der Waals surface area contributed by atoms with Gasteiger partial charge in [-0.3, -0.25) is 0 Å². The second kappa shape index (κ2) is 17.5. The van der Waals surface area contributed by atoms with Gasteiger partial charge in [0.25, 0.3) is 0 Å². The molecule has 0 spiro atoms. The van der Waals surface area contributed by atoms with Gasteiger partial charge in [-0.25, -0.2) is 0 Å². The number of fused-ring (bicyclic) bond motifs is 1. The van der Waals surface area contributed by atoms with Gasteiger partial charge in [0, 0.05) is 12.5 Å². The van der Waals surface area contributed by atoms with Crippen molar-refractivity contribution in [2.75, 3.05) is 13.7 Å². The fourth-order valence-corrected chi connectivity index (χ4v) is 5.43. The average molecular weight is 570 g/mol. The van der Waals surface area contributed by atoms with Crippen LogP contribution in [0.2, 0.25) is 0 Å². The second-order valence-corrected chi connectivity index (χ2v) is 10.6. The summed E-state index contributed by atoms with van der Waals surface area (Å²) in [6, 6.07) is 33.9. The van der Waals surface area contributed by atoms with Gasteiger partial charge < -0.3 is 10.1 Å². The van der Waals surface area contributed by atoms with Gasteiger partial charge in [0.05, 0.1) is 12.9 Å². The maximum absolute atomic E-state index is 5.41. The van der Waals surface area contributed by atoms with Crippen molar-refractivity contribution in [3.63, 3.8) is 0 Å². The zero-order valence-electron chi connectivity index (χ0n) is 26.4. The van der Waals surface area contributed by atoms with E-state index >= 15 is 0 Å². The first-order chi connectivity index (χ1) is 21.0. The molecule has 0 fully saturated rings. The van der Waals surface area contributed by atoms with Gasteiger partial charge in [-0.2, -0.15) is 0 Å². The average Bonchev–Trinajstić information content (AvgIpc) is 3.34. The molecule has 0 aliphatic heterocycles. The molecule has 0 heterocycles. The summed E-state index contributed by atoms with van der Waals surface area (Å²) in [4.78, 5) is 0. The maximum Gasteiger partial charge on any atom is 0.0982 e. The van der Waals surface area contributed by atoms with Gasteiger partial charge >= 0.3 is 0 Å². The third-order valence-corrected chi connectivity index (χ3v) is 7.72. The molecule has 2 nitrogen and oxygen atoms in total. The van der Waals surface area contributed by atoms with Crippen molar-refractivity contribution in [2.45, 2.75) is 46.1 Å². The molecule has 4 aromatic carbocycles. The highest BCUT2D eigenvalue weighted by molar-refractivity contribution is 5.80. The van der Waals surface area contributed by atoms with Crippen molar-refractivity contribution in [2.24, 2.45) is 0 Å². The van der Waals surface area contributed by atoms with Gasteiger partial charge in [-0.1, -0.05) is 136 Å². The minimum absolute atomic E-state index is 0.304. The fraction of sp³-hybridized carbons (Fsp3) is 0.220. The van der Waals surface area contributed by atoms with Crippen LogP contribution in [-0.4, -0.2) is 13.7 Å². The van der Waals surface area contributed by atoms with E-state index in [4.69, 9.17) is 4.74 Å². The van der Waals surface area contributed by atoms with Crippen LogP contribution in [0.5, 0.6) is 0 Å². The molecule has 0 saturated heterocycles. The van der Waals surface area contributed by atoms with Crippen LogP contribution in [0.25, 0.3) is 22.8 Å². The first kappa shape index (κ1) is 33.1. The molecule has 1 atom stereocenters. The number of ether oxygens (including phenoxy) is 1. The van der Waals surface area contributed by atoms with Crippen molar-refractivity contribution in [1.29, 1.82) is 0 Å². The highest BCUT2D eigenvalue weighted by Gasteiger charge is 2.28. The standard InChI is InChI=1S/C17H20O.C15H17N.C9H10/c1-4-9-14-13(5-2)17(12-18-6-3)16-11-8-7-10-15(14)16;1-12-8-9-14(10-15(12)11-16-2)13-6-4-3-5-7-13;1-3-9-7-5-4-6-8(9)2/h5-8,10-11,17H,2-4,9,12H2,1H3;3-10,16H,11H2,1-2H3;3-7H,1H2,2H3. The lowest BCUT2D eigenvalue weighted by molar-refractivity contribution is 0.240. The van der Waals surface area contributed by atoms with Crippen molar-refractivity contribution >= 4 is 11.6 Å². The lowest BCUT2D eigenvalue weighted by Crippen LogP contribution is -2.06. The summed E-state index contributed by atoms with van der Waals surface area (Å²) in [6.45, 7) is 19.3. The minimum atomic E-state index is 0.304. The van der Waals surface area contributed by atoms with E-state index in [1.54, 1.807) is 0 Å². The summed E-state index contributed by atoms with van der Waals surface area (Å²) >= 11 is 0. The third-order valence-electron chi connectivity index (χ3n) is 7.72. The Morgan fingerprint density at radius 3 is 2.09 bits per heavy atom. The smallest absolute Gasteiger partial charge is 0.0982 e. The van der Waals surface area contributed by atoms with Gasteiger partial charge in [0.2, 0.25) is 0 Å². The number of benzene rings is 4. The molecule has 0 bridgehead atoms. The third kappa shape index (κ3) is 9.04. The van der Waals surface area contributed by atoms with E-state index in [1.165, 1.54) is 61.9 Å². The molecule has 1 aliphatic rings. The van der Waals surface area contributed by atoms with Crippen LogP contribution in [0.3, 0.4) is 0 Å². The molecule has 2 heteroatoms. The van der Waals surface area contributed by atoms with E-state index in [-0.39, 0.29) is 0 Å². The molecule has 0 amide bonds. The van der Waals surface area contributed by atoms with E-state index < -0.39 is 0 Å². The predicted octanol–water partition coefficient (Wildman–Crippen LogP) is 10.7. The van der Waals surface area contributed by atoms with Crippen molar-refractivity contribution < 1.29 is 4.74 Å². The number of nitrogens with one attached hydrogen (secondary N) is 1. The molecular formula is C41H47NO. The van der Waals surface area contributed by atoms with E-state index in [0.717, 1.165) is 19.4 Å². The summed E-state index contributed by atoms with van der Waals surface area (Å²) < 4.78 is 5.41. The molecule has 4 aromatic rings. The summed E-state index contributed by atoms with van der Waals surface area (Å²) in [5.41, 5.74) is 13.3. The number of rotatable bonds is 10. The molecular weight excluding hydrogens is 522 g/mol. The van der Waals surface area contributed by atoms with E-state index in [9.17, 15) is 0 Å². The van der Waals surface area contributed by atoms with Crippen LogP contribution in [-0.2, 0) is 11.3 Å². The molecule has 222 valence electrons. The monoisotopic (exact) mass is 569 g/mol. The van der Waals surface area contributed by atoms with Gasteiger partial charge in [0.1, 0.15) is 0 Å². The van der Waals surface area contributed by atoms with Crippen molar-refractivity contribution in [3.05, 3.63) is 168 Å². The molecule has 43 heavy (non-hydrogen) atoms. The summed E-state index contributed by atoms with van der Waals surface area (Å²) in [6.07, 6.45) is 7.62. The van der Waals surface area contributed by atoms with E-state index in [2.05, 4.69) is 125 Å². The molecule has 1 N–H and O–H groups in total. The molecule has 0 radical (unpaired) electrons. The van der Waals surface area contributed by atoms with Crippen LogP contribution in [0.15, 0.2) is 135 Å². The number of hydrogen-bond donors (Lipinski definition) is 1. The van der Waals surface area contributed by atoms with Crippen LogP contribution in [0.4, 0.5) is 0 Å². The van der Waals surface area contributed by atoms with E-state index in [1.807, 2.05) is 37.4 Å². The fourth-order valence-electron chi connectivity index (χ4n) is 5.43. The zero-order chi connectivity index (χ0) is 31.0. The highest BCUT2D eigenvalue weighted by Crippen LogP contribution is 2.44. The van der Waals surface area contributed by atoms with Crippen molar-refractivity contribution in [3.8, 4) is 11.1 Å². The number of hydrogen-bond acceptors (Lipinski definition) is 2. The largest absolute Gasteiger partial charge is 0.501 e. The lowest BCUT2D eigenvalue weighted by Gasteiger charge is -2.13.